The molecule has 0 fully saturated rings. The van der Waals surface area contributed by atoms with Gasteiger partial charge < -0.3 is 0 Å². The number of benzene rings is 1. The molecule has 5 heteroatoms. The Labute approximate surface area is 155 Å². The maximum atomic E-state index is 13.1. The van der Waals surface area contributed by atoms with Gasteiger partial charge in [0.25, 0.3) is 0 Å². The summed E-state index contributed by atoms with van der Waals surface area (Å²) in [4.78, 5) is 35.2. The number of carbonyl (C=O) groups is 2. The standard InChI is InChI=1S/C22H13N3O2/c23-11-12-5-7-13(8-6-12)22-24-17-10-9-16-18(19(17)25-22)21(27)15-4-2-1-3-14(15)20(16)26/h1-10,14-15,19H/t14-,15+,19+/m0/s1. The predicted molar refractivity (Wildman–Crippen MR) is 100 cm³/mol. The van der Waals surface area contributed by atoms with Crippen molar-refractivity contribution in [1.29, 1.82) is 5.26 Å². The minimum Gasteiger partial charge on any atom is -0.294 e. The number of amidine groups is 1. The molecule has 0 amide bonds. The Bertz CT molecular complexity index is 1120. The number of Topliss-reactive ketones (excluding diaryl/α,β-unsaturated/α-hetero) is 2. The Morgan fingerprint density at radius 1 is 0.926 bits per heavy atom. The summed E-state index contributed by atoms with van der Waals surface area (Å²) in [5, 5.41) is 8.94. The van der Waals surface area contributed by atoms with Gasteiger partial charge in [0.2, 0.25) is 0 Å². The number of rotatable bonds is 1. The summed E-state index contributed by atoms with van der Waals surface area (Å²) in [6.07, 6.45) is 10.7. The van der Waals surface area contributed by atoms with Crippen LogP contribution in [0.15, 0.2) is 81.9 Å². The first-order valence-electron chi connectivity index (χ1n) is 8.70. The van der Waals surface area contributed by atoms with Crippen LogP contribution in [0.5, 0.6) is 0 Å². The van der Waals surface area contributed by atoms with Crippen LogP contribution in [0.25, 0.3) is 0 Å². The minimum absolute atomic E-state index is 0.0347. The van der Waals surface area contributed by atoms with Gasteiger partial charge in [-0.25, -0.2) is 4.99 Å². The van der Waals surface area contributed by atoms with Gasteiger partial charge in [0.05, 0.1) is 29.2 Å². The van der Waals surface area contributed by atoms with Gasteiger partial charge in [-0.3, -0.25) is 14.6 Å². The largest absolute Gasteiger partial charge is 0.294 e. The average molecular weight is 351 g/mol. The lowest BCUT2D eigenvalue weighted by Gasteiger charge is -2.32. The molecule has 1 aliphatic heterocycles. The van der Waals surface area contributed by atoms with Crippen LogP contribution in [0.4, 0.5) is 0 Å². The van der Waals surface area contributed by atoms with E-state index >= 15 is 0 Å². The quantitative estimate of drug-likeness (QED) is 0.779. The Kier molecular flexibility index (Phi) is 3.28. The normalized spacial score (nSPS) is 27.6. The predicted octanol–water partition coefficient (Wildman–Crippen LogP) is 2.50. The number of nitriles is 1. The van der Waals surface area contributed by atoms with Gasteiger partial charge >= 0.3 is 0 Å². The first kappa shape index (κ1) is 15.6. The van der Waals surface area contributed by atoms with E-state index in [-0.39, 0.29) is 11.6 Å². The molecule has 0 unspecified atom stereocenters. The highest BCUT2D eigenvalue weighted by Gasteiger charge is 2.46. The third-order valence-corrected chi connectivity index (χ3v) is 5.29. The zero-order chi connectivity index (χ0) is 18.5. The first-order chi connectivity index (χ1) is 13.2. The zero-order valence-electron chi connectivity index (χ0n) is 14.2. The van der Waals surface area contributed by atoms with E-state index in [1.807, 2.05) is 12.2 Å². The molecule has 0 bridgehead atoms. The van der Waals surface area contributed by atoms with E-state index in [0.29, 0.717) is 28.3 Å². The number of carbonyl (C=O) groups excluding carboxylic acids is 2. The van der Waals surface area contributed by atoms with Crippen molar-refractivity contribution in [2.24, 2.45) is 21.8 Å². The molecule has 1 aromatic rings. The van der Waals surface area contributed by atoms with Gasteiger partial charge in [-0.1, -0.05) is 24.3 Å². The topological polar surface area (TPSA) is 82.7 Å². The van der Waals surface area contributed by atoms with Gasteiger partial charge in [-0.2, -0.15) is 5.26 Å². The molecule has 0 radical (unpaired) electrons. The third kappa shape index (κ3) is 2.24. The highest BCUT2D eigenvalue weighted by atomic mass is 16.1. The number of hydrogen-bond donors (Lipinski definition) is 0. The molecule has 1 heterocycles. The fourth-order valence-corrected chi connectivity index (χ4v) is 3.93. The molecule has 0 aromatic heterocycles. The number of fused-ring (bicyclic) bond motifs is 3. The molecular formula is C22H13N3O2. The summed E-state index contributed by atoms with van der Waals surface area (Å²) in [7, 11) is 0. The van der Waals surface area contributed by atoms with Crippen molar-refractivity contribution >= 4 is 23.1 Å². The van der Waals surface area contributed by atoms with Crippen LogP contribution in [0.2, 0.25) is 0 Å². The molecule has 0 spiro atoms. The van der Waals surface area contributed by atoms with E-state index in [9.17, 15) is 9.59 Å². The fourth-order valence-electron chi connectivity index (χ4n) is 3.93. The Morgan fingerprint density at radius 2 is 1.63 bits per heavy atom. The second-order valence-corrected chi connectivity index (χ2v) is 6.79. The van der Waals surface area contributed by atoms with Crippen LogP contribution in [0, 0.1) is 23.2 Å². The summed E-state index contributed by atoms with van der Waals surface area (Å²) in [6.45, 7) is 0. The highest BCUT2D eigenvalue weighted by molar-refractivity contribution is 6.27. The molecular weight excluding hydrogens is 338 g/mol. The van der Waals surface area contributed by atoms with Gasteiger partial charge in [-0.05, 0) is 36.4 Å². The van der Waals surface area contributed by atoms with Crippen molar-refractivity contribution in [3.63, 3.8) is 0 Å². The van der Waals surface area contributed by atoms with E-state index in [2.05, 4.69) is 16.1 Å². The van der Waals surface area contributed by atoms with E-state index < -0.39 is 17.9 Å². The molecule has 3 aliphatic carbocycles. The van der Waals surface area contributed by atoms with Crippen LogP contribution in [0.1, 0.15) is 11.1 Å². The van der Waals surface area contributed by atoms with Gasteiger partial charge in [0.1, 0.15) is 6.04 Å². The van der Waals surface area contributed by atoms with Crippen molar-refractivity contribution in [2.45, 2.75) is 6.04 Å². The number of hydrogen-bond acceptors (Lipinski definition) is 5. The van der Waals surface area contributed by atoms with Gasteiger partial charge in [0.15, 0.2) is 17.4 Å². The van der Waals surface area contributed by atoms with Gasteiger partial charge in [0, 0.05) is 16.7 Å². The van der Waals surface area contributed by atoms with Crippen molar-refractivity contribution in [2.75, 3.05) is 0 Å². The third-order valence-electron chi connectivity index (χ3n) is 5.29. The average Bonchev–Trinajstić information content (AvgIpc) is 3.16. The summed E-state index contributed by atoms with van der Waals surface area (Å²) >= 11 is 0. The lowest BCUT2D eigenvalue weighted by Crippen LogP contribution is -2.41. The number of nitrogens with zero attached hydrogens (tertiary/aromatic N) is 3. The van der Waals surface area contributed by atoms with Crippen molar-refractivity contribution < 1.29 is 9.59 Å². The fraction of sp³-hybridized carbons (Fsp3) is 0.136. The second-order valence-electron chi connectivity index (χ2n) is 6.79. The minimum atomic E-state index is -0.535. The van der Waals surface area contributed by atoms with Crippen molar-refractivity contribution in [1.82, 2.24) is 0 Å². The summed E-state index contributed by atoms with van der Waals surface area (Å²) in [6, 6.07) is 8.54. The van der Waals surface area contributed by atoms with Crippen molar-refractivity contribution in [3.8, 4) is 6.07 Å². The number of allylic oxidation sites excluding steroid dienone is 6. The molecule has 5 nitrogen and oxygen atoms in total. The molecule has 5 rings (SSSR count). The maximum absolute atomic E-state index is 13.1. The summed E-state index contributed by atoms with van der Waals surface area (Å²) < 4.78 is 0. The molecule has 128 valence electrons. The molecule has 27 heavy (non-hydrogen) atoms. The zero-order valence-corrected chi connectivity index (χ0v) is 14.2. The van der Waals surface area contributed by atoms with E-state index in [4.69, 9.17) is 5.26 Å². The summed E-state index contributed by atoms with van der Waals surface area (Å²) in [5.41, 5.74) is 2.91. The Morgan fingerprint density at radius 3 is 2.33 bits per heavy atom. The van der Waals surface area contributed by atoms with Crippen LogP contribution in [0.3, 0.4) is 0 Å². The van der Waals surface area contributed by atoms with Crippen molar-refractivity contribution in [3.05, 3.63) is 83.0 Å². The molecule has 1 aromatic carbocycles. The van der Waals surface area contributed by atoms with Gasteiger partial charge in [-0.15, -0.1) is 0 Å². The molecule has 0 saturated carbocycles. The van der Waals surface area contributed by atoms with E-state index in [0.717, 1.165) is 5.56 Å². The number of aliphatic imine (C=N–C) groups is 2. The van der Waals surface area contributed by atoms with Crippen LogP contribution in [-0.2, 0) is 9.59 Å². The molecule has 4 aliphatic rings. The van der Waals surface area contributed by atoms with Crippen LogP contribution in [-0.4, -0.2) is 29.2 Å². The first-order valence-corrected chi connectivity index (χ1v) is 8.70. The molecule has 3 atom stereocenters. The second kappa shape index (κ2) is 5.68. The lowest BCUT2D eigenvalue weighted by atomic mass is 9.69. The summed E-state index contributed by atoms with van der Waals surface area (Å²) in [5.74, 6) is -0.454. The Hall–Kier alpha value is -3.65. The van der Waals surface area contributed by atoms with Crippen LogP contribution < -0.4 is 0 Å². The van der Waals surface area contributed by atoms with Crippen LogP contribution >= 0.6 is 0 Å². The number of ketones is 2. The van der Waals surface area contributed by atoms with E-state index in [1.165, 1.54) is 0 Å². The van der Waals surface area contributed by atoms with E-state index in [1.54, 1.807) is 48.6 Å². The Balaban J connectivity index is 1.58. The smallest absolute Gasteiger partial charge is 0.171 e. The lowest BCUT2D eigenvalue weighted by molar-refractivity contribution is -0.127. The molecule has 0 saturated heterocycles. The molecule has 0 N–H and O–H groups in total. The highest BCUT2D eigenvalue weighted by Crippen LogP contribution is 2.38. The SMILES string of the molecule is N#Cc1ccc(C2=N[C@@H]3C(=N2)C=CC2=C3C(=O)[C@@H]3C=CC=C[C@@H]3C2=O)cc1. The maximum Gasteiger partial charge on any atom is 0.171 e. The monoisotopic (exact) mass is 351 g/mol.